The first kappa shape index (κ1) is 24.7. The Balaban J connectivity index is 1.82. The Bertz CT molecular complexity index is 1200. The molecule has 6 nitrogen and oxygen atoms in total. The van der Waals surface area contributed by atoms with Crippen LogP contribution in [-0.4, -0.2) is 32.3 Å². The number of anilines is 1. The monoisotopic (exact) mass is 487 g/mol. The molecule has 0 radical (unpaired) electrons. The second-order valence-corrected chi connectivity index (χ2v) is 8.93. The molecule has 0 saturated heterocycles. The van der Waals surface area contributed by atoms with Gasteiger partial charge >= 0.3 is 0 Å². The fraction of sp³-hybridized carbons (Fsp3) is 0.400. The molecule has 0 spiro atoms. The summed E-state index contributed by atoms with van der Waals surface area (Å²) in [6.45, 7) is 3.82. The van der Waals surface area contributed by atoms with Crippen molar-refractivity contribution in [2.45, 2.75) is 57.8 Å². The normalized spacial score (nSPS) is 18.2. The highest BCUT2D eigenvalue weighted by molar-refractivity contribution is 6.06. The van der Waals surface area contributed by atoms with E-state index in [9.17, 15) is 22.4 Å². The number of nitrogens with zero attached hydrogens (tertiary/aromatic N) is 4. The van der Waals surface area contributed by atoms with E-state index in [-0.39, 0.29) is 34.1 Å². The lowest BCUT2D eigenvalue weighted by Gasteiger charge is -2.32. The lowest BCUT2D eigenvalue weighted by Crippen LogP contribution is -2.27. The Kier molecular flexibility index (Phi) is 7.37. The third-order valence-corrected chi connectivity index (χ3v) is 6.24. The Morgan fingerprint density at radius 3 is 2.43 bits per heavy atom. The summed E-state index contributed by atoms with van der Waals surface area (Å²) in [5.74, 6) is -3.18. The van der Waals surface area contributed by atoms with Gasteiger partial charge in [0.15, 0.2) is 0 Å². The lowest BCUT2D eigenvalue weighted by atomic mass is 9.76. The molecule has 3 aromatic rings. The summed E-state index contributed by atoms with van der Waals surface area (Å²) >= 11 is 0. The van der Waals surface area contributed by atoms with Gasteiger partial charge in [0, 0.05) is 35.7 Å². The van der Waals surface area contributed by atoms with E-state index in [1.54, 1.807) is 0 Å². The van der Waals surface area contributed by atoms with E-state index in [4.69, 9.17) is 0 Å². The topological polar surface area (TPSA) is 80.7 Å². The number of hydrogen-bond donors (Lipinski definition) is 1. The van der Waals surface area contributed by atoms with E-state index in [0.717, 1.165) is 24.5 Å². The smallest absolute Gasteiger partial charge is 0.258 e. The fourth-order valence-corrected chi connectivity index (χ4v) is 4.43. The number of rotatable bonds is 6. The van der Waals surface area contributed by atoms with Gasteiger partial charge in [0.25, 0.3) is 5.91 Å². The van der Waals surface area contributed by atoms with Crippen LogP contribution in [-0.2, 0) is 0 Å². The predicted molar refractivity (Wildman–Crippen MR) is 122 cm³/mol. The van der Waals surface area contributed by atoms with Gasteiger partial charge in [-0.3, -0.25) is 4.79 Å². The third-order valence-electron chi connectivity index (χ3n) is 6.24. The highest BCUT2D eigenvalue weighted by Crippen LogP contribution is 2.44. The van der Waals surface area contributed by atoms with Gasteiger partial charge in [0.1, 0.15) is 29.5 Å². The molecular weight excluding hydrogens is 462 g/mol. The number of carbonyl (C=O) groups is 1. The Morgan fingerprint density at radius 1 is 1.03 bits per heavy atom. The standard InChI is InChI=1S/C25H25F4N5O/c1-13(2)24-30-10-14(11-31-24)25(35)34-22-20(16-5-3-4-6-17(16)23(28)29)32-12-33-21(22)18-9-15(26)7-8-19(18)27/h7-13,16-17,23H,3-6H2,1-2H3,(H,34,35). The van der Waals surface area contributed by atoms with Gasteiger partial charge in [-0.25, -0.2) is 37.5 Å². The van der Waals surface area contributed by atoms with Crippen molar-refractivity contribution >= 4 is 11.6 Å². The summed E-state index contributed by atoms with van der Waals surface area (Å²) in [5, 5.41) is 2.67. The second kappa shape index (κ2) is 10.5. The molecule has 2 heterocycles. The van der Waals surface area contributed by atoms with E-state index in [2.05, 4.69) is 25.3 Å². The molecule has 1 amide bonds. The predicted octanol–water partition coefficient (Wildman–Crippen LogP) is 6.13. The van der Waals surface area contributed by atoms with Crippen LogP contribution in [0.3, 0.4) is 0 Å². The van der Waals surface area contributed by atoms with Crippen molar-refractivity contribution in [2.24, 2.45) is 5.92 Å². The number of benzene rings is 1. The largest absolute Gasteiger partial charge is 0.318 e. The van der Waals surface area contributed by atoms with Crippen molar-refractivity contribution in [2.75, 3.05) is 5.32 Å². The molecule has 184 valence electrons. The van der Waals surface area contributed by atoms with Crippen LogP contribution in [0.2, 0.25) is 0 Å². The quantitative estimate of drug-likeness (QED) is 0.423. The summed E-state index contributed by atoms with van der Waals surface area (Å²) in [5.41, 5.74) is -0.0217. The molecule has 1 saturated carbocycles. The zero-order valence-corrected chi connectivity index (χ0v) is 19.3. The average Bonchev–Trinajstić information content (AvgIpc) is 2.85. The van der Waals surface area contributed by atoms with Gasteiger partial charge in [-0.15, -0.1) is 0 Å². The molecule has 1 aromatic carbocycles. The van der Waals surface area contributed by atoms with Crippen molar-refractivity contribution in [1.29, 1.82) is 0 Å². The number of alkyl halides is 2. The Hall–Kier alpha value is -3.43. The molecule has 1 aliphatic carbocycles. The second-order valence-electron chi connectivity index (χ2n) is 8.93. The van der Waals surface area contributed by atoms with Crippen LogP contribution < -0.4 is 5.32 Å². The van der Waals surface area contributed by atoms with Crippen LogP contribution in [0.25, 0.3) is 11.3 Å². The maximum atomic E-state index is 14.7. The average molecular weight is 488 g/mol. The van der Waals surface area contributed by atoms with Gasteiger partial charge < -0.3 is 5.32 Å². The Morgan fingerprint density at radius 2 is 1.74 bits per heavy atom. The molecule has 1 N–H and O–H groups in total. The highest BCUT2D eigenvalue weighted by atomic mass is 19.3. The summed E-state index contributed by atoms with van der Waals surface area (Å²) < 4.78 is 56.5. The van der Waals surface area contributed by atoms with E-state index < -0.39 is 35.8 Å². The minimum Gasteiger partial charge on any atom is -0.318 e. The zero-order valence-electron chi connectivity index (χ0n) is 19.3. The maximum Gasteiger partial charge on any atom is 0.258 e. The van der Waals surface area contributed by atoms with Gasteiger partial charge in [-0.05, 0) is 31.0 Å². The van der Waals surface area contributed by atoms with E-state index >= 15 is 0 Å². The van der Waals surface area contributed by atoms with Crippen molar-refractivity contribution in [3.8, 4) is 11.3 Å². The highest BCUT2D eigenvalue weighted by Gasteiger charge is 2.36. The molecule has 2 aromatic heterocycles. The summed E-state index contributed by atoms with van der Waals surface area (Å²) in [6.07, 6.45) is 3.33. The number of aromatic nitrogens is 4. The molecule has 2 atom stereocenters. The van der Waals surface area contributed by atoms with Crippen LogP contribution in [0, 0.1) is 17.6 Å². The van der Waals surface area contributed by atoms with Crippen LogP contribution in [0.15, 0.2) is 36.9 Å². The van der Waals surface area contributed by atoms with E-state index in [1.807, 2.05) is 13.8 Å². The van der Waals surface area contributed by atoms with Crippen molar-refractivity contribution < 1.29 is 22.4 Å². The summed E-state index contributed by atoms with van der Waals surface area (Å²) in [6, 6.07) is 2.85. The van der Waals surface area contributed by atoms with Crippen molar-refractivity contribution in [3.05, 3.63) is 65.6 Å². The number of hydrogen-bond acceptors (Lipinski definition) is 5. The number of halogens is 4. The number of amides is 1. The minimum absolute atomic E-state index is 0.0208. The summed E-state index contributed by atoms with van der Waals surface area (Å²) in [4.78, 5) is 29.8. The molecule has 0 bridgehead atoms. The Labute approximate surface area is 200 Å². The van der Waals surface area contributed by atoms with Crippen LogP contribution in [0.4, 0.5) is 23.2 Å². The molecule has 35 heavy (non-hydrogen) atoms. The van der Waals surface area contributed by atoms with Crippen molar-refractivity contribution in [3.63, 3.8) is 0 Å². The van der Waals surface area contributed by atoms with Crippen LogP contribution >= 0.6 is 0 Å². The first-order valence-corrected chi connectivity index (χ1v) is 11.5. The first-order chi connectivity index (χ1) is 16.8. The SMILES string of the molecule is CC(C)c1ncc(C(=O)Nc2c(-c3cc(F)ccc3F)ncnc2C2CCCCC2C(F)F)cn1. The zero-order chi connectivity index (χ0) is 25.1. The maximum absolute atomic E-state index is 14.7. The van der Waals surface area contributed by atoms with E-state index in [0.29, 0.717) is 31.5 Å². The summed E-state index contributed by atoms with van der Waals surface area (Å²) in [7, 11) is 0. The third kappa shape index (κ3) is 5.31. The van der Waals surface area contributed by atoms with Gasteiger partial charge in [0.05, 0.1) is 16.9 Å². The minimum atomic E-state index is -2.59. The number of carbonyl (C=O) groups excluding carboxylic acids is 1. The molecule has 1 fully saturated rings. The van der Waals surface area contributed by atoms with Crippen LogP contribution in [0.5, 0.6) is 0 Å². The van der Waals surface area contributed by atoms with E-state index in [1.165, 1.54) is 12.4 Å². The lowest BCUT2D eigenvalue weighted by molar-refractivity contribution is 0.0423. The number of nitrogens with one attached hydrogen (secondary N) is 1. The van der Waals surface area contributed by atoms with Gasteiger partial charge in [0.2, 0.25) is 6.43 Å². The fourth-order valence-electron chi connectivity index (χ4n) is 4.43. The van der Waals surface area contributed by atoms with Gasteiger partial charge in [-0.1, -0.05) is 26.7 Å². The molecule has 2 unspecified atom stereocenters. The molecule has 0 aliphatic heterocycles. The molecule has 10 heteroatoms. The van der Waals surface area contributed by atoms with Crippen LogP contribution in [0.1, 0.15) is 73.2 Å². The molecular formula is C25H25F4N5O. The first-order valence-electron chi connectivity index (χ1n) is 11.5. The van der Waals surface area contributed by atoms with Crippen molar-refractivity contribution in [1.82, 2.24) is 19.9 Å². The molecule has 4 rings (SSSR count). The van der Waals surface area contributed by atoms with Gasteiger partial charge in [-0.2, -0.15) is 0 Å². The molecule has 1 aliphatic rings.